The molecular formula is C10H9BrN2. The predicted molar refractivity (Wildman–Crippen MR) is 56.7 cm³/mol. The fourth-order valence-electron chi connectivity index (χ4n) is 1.22. The lowest BCUT2D eigenvalue weighted by Crippen LogP contribution is -1.93. The second-order valence-corrected chi connectivity index (χ2v) is 3.86. The molecule has 2 rings (SSSR count). The number of benzene rings is 1. The van der Waals surface area contributed by atoms with Gasteiger partial charge >= 0.3 is 0 Å². The minimum atomic E-state index is 0.936. The van der Waals surface area contributed by atoms with Gasteiger partial charge < -0.3 is 0 Å². The summed E-state index contributed by atoms with van der Waals surface area (Å²) in [6.07, 6.45) is 0. The molecule has 0 radical (unpaired) electrons. The Bertz CT molecular complexity index is 466. The van der Waals surface area contributed by atoms with Crippen molar-refractivity contribution in [3.8, 4) is 0 Å². The average Bonchev–Trinajstić information content (AvgIpc) is 2.09. The Labute approximate surface area is 85.1 Å². The van der Waals surface area contributed by atoms with E-state index < -0.39 is 0 Å². The van der Waals surface area contributed by atoms with Gasteiger partial charge in [0.25, 0.3) is 0 Å². The lowest BCUT2D eigenvalue weighted by Gasteiger charge is -2.02. The number of rotatable bonds is 0. The Balaban J connectivity index is 2.89. The summed E-state index contributed by atoms with van der Waals surface area (Å²) in [7, 11) is 0. The molecule has 1 aromatic carbocycles. The Morgan fingerprint density at radius 3 is 2.54 bits per heavy atom. The standard InChI is InChI=1S/C10H9BrN2/c1-6-7(2)13-10-8(11)4-3-5-9(10)12-6/h3-5H,1-2H3. The summed E-state index contributed by atoms with van der Waals surface area (Å²) >= 11 is 3.45. The molecule has 0 saturated heterocycles. The molecule has 3 heteroatoms. The van der Waals surface area contributed by atoms with Crippen LogP contribution >= 0.6 is 15.9 Å². The van der Waals surface area contributed by atoms with Gasteiger partial charge in [-0.2, -0.15) is 0 Å². The van der Waals surface area contributed by atoms with Crippen molar-refractivity contribution in [3.05, 3.63) is 34.1 Å². The minimum absolute atomic E-state index is 0.936. The van der Waals surface area contributed by atoms with Crippen LogP contribution in [0.25, 0.3) is 11.0 Å². The largest absolute Gasteiger partial charge is 0.250 e. The maximum absolute atomic E-state index is 4.47. The lowest BCUT2D eigenvalue weighted by molar-refractivity contribution is 1.10. The molecule has 2 aromatic rings. The van der Waals surface area contributed by atoms with Gasteiger partial charge in [0.15, 0.2) is 0 Å². The van der Waals surface area contributed by atoms with Gasteiger partial charge in [-0.25, -0.2) is 9.97 Å². The third kappa shape index (κ3) is 1.44. The summed E-state index contributed by atoms with van der Waals surface area (Å²) in [5, 5.41) is 0. The van der Waals surface area contributed by atoms with E-state index in [4.69, 9.17) is 0 Å². The molecule has 0 aliphatic heterocycles. The molecule has 0 bridgehead atoms. The topological polar surface area (TPSA) is 25.8 Å². The van der Waals surface area contributed by atoms with Crippen molar-refractivity contribution in [2.24, 2.45) is 0 Å². The first-order valence-corrected chi connectivity index (χ1v) is 4.87. The molecule has 0 unspecified atom stereocenters. The van der Waals surface area contributed by atoms with E-state index in [2.05, 4.69) is 25.9 Å². The molecule has 0 amide bonds. The molecule has 0 atom stereocenters. The van der Waals surface area contributed by atoms with Crippen LogP contribution in [0, 0.1) is 13.8 Å². The first-order valence-electron chi connectivity index (χ1n) is 4.08. The van der Waals surface area contributed by atoms with Gasteiger partial charge in [-0.1, -0.05) is 6.07 Å². The minimum Gasteiger partial charge on any atom is -0.250 e. The summed E-state index contributed by atoms with van der Waals surface area (Å²) in [4.78, 5) is 8.91. The molecule has 0 aliphatic carbocycles. The Morgan fingerprint density at radius 2 is 1.77 bits per heavy atom. The van der Waals surface area contributed by atoms with Gasteiger partial charge in [0, 0.05) is 4.47 Å². The van der Waals surface area contributed by atoms with Gasteiger partial charge in [-0.05, 0) is 41.9 Å². The van der Waals surface area contributed by atoms with E-state index in [-0.39, 0.29) is 0 Å². The summed E-state index contributed by atoms with van der Waals surface area (Å²) in [6, 6.07) is 5.92. The number of aromatic nitrogens is 2. The van der Waals surface area contributed by atoms with Crippen molar-refractivity contribution in [2.75, 3.05) is 0 Å². The van der Waals surface area contributed by atoms with Crippen molar-refractivity contribution in [1.29, 1.82) is 0 Å². The molecule has 0 N–H and O–H groups in total. The van der Waals surface area contributed by atoms with Crippen LogP contribution in [0.3, 0.4) is 0 Å². The normalized spacial score (nSPS) is 10.7. The van der Waals surface area contributed by atoms with Crippen LogP contribution in [0.15, 0.2) is 22.7 Å². The van der Waals surface area contributed by atoms with E-state index in [0.717, 1.165) is 26.9 Å². The molecule has 1 aromatic heterocycles. The molecule has 66 valence electrons. The Morgan fingerprint density at radius 1 is 1.08 bits per heavy atom. The van der Waals surface area contributed by atoms with E-state index in [1.54, 1.807) is 0 Å². The SMILES string of the molecule is Cc1nc2cccc(Br)c2nc1C. The fourth-order valence-corrected chi connectivity index (χ4v) is 1.66. The van der Waals surface area contributed by atoms with E-state index >= 15 is 0 Å². The zero-order chi connectivity index (χ0) is 9.42. The van der Waals surface area contributed by atoms with Crippen molar-refractivity contribution in [1.82, 2.24) is 9.97 Å². The molecule has 0 aliphatic rings. The van der Waals surface area contributed by atoms with Crippen LogP contribution in [-0.4, -0.2) is 9.97 Å². The van der Waals surface area contributed by atoms with Crippen molar-refractivity contribution < 1.29 is 0 Å². The maximum Gasteiger partial charge on any atom is 0.103 e. The second-order valence-electron chi connectivity index (χ2n) is 3.00. The first-order chi connectivity index (χ1) is 6.18. The number of para-hydroxylation sites is 1. The van der Waals surface area contributed by atoms with Crippen LogP contribution in [-0.2, 0) is 0 Å². The predicted octanol–water partition coefficient (Wildman–Crippen LogP) is 3.01. The Hall–Kier alpha value is -0.960. The van der Waals surface area contributed by atoms with Crippen molar-refractivity contribution in [2.45, 2.75) is 13.8 Å². The van der Waals surface area contributed by atoms with Crippen LogP contribution < -0.4 is 0 Å². The zero-order valence-corrected chi connectivity index (χ0v) is 9.09. The number of aryl methyl sites for hydroxylation is 2. The van der Waals surface area contributed by atoms with Crippen LogP contribution in [0.1, 0.15) is 11.4 Å². The molecule has 0 fully saturated rings. The number of hydrogen-bond acceptors (Lipinski definition) is 2. The van der Waals surface area contributed by atoms with Gasteiger partial charge in [-0.3, -0.25) is 0 Å². The van der Waals surface area contributed by atoms with Crippen LogP contribution in [0.2, 0.25) is 0 Å². The van der Waals surface area contributed by atoms with Gasteiger partial charge in [-0.15, -0.1) is 0 Å². The third-order valence-corrected chi connectivity index (χ3v) is 2.70. The van der Waals surface area contributed by atoms with Crippen molar-refractivity contribution >= 4 is 27.0 Å². The highest BCUT2D eigenvalue weighted by Crippen LogP contribution is 2.21. The quantitative estimate of drug-likeness (QED) is 0.703. The molecule has 2 nitrogen and oxygen atoms in total. The van der Waals surface area contributed by atoms with Gasteiger partial charge in [0.2, 0.25) is 0 Å². The van der Waals surface area contributed by atoms with Crippen LogP contribution in [0.5, 0.6) is 0 Å². The van der Waals surface area contributed by atoms with E-state index in [1.165, 1.54) is 0 Å². The fraction of sp³-hybridized carbons (Fsp3) is 0.200. The zero-order valence-electron chi connectivity index (χ0n) is 7.50. The van der Waals surface area contributed by atoms with E-state index in [0.29, 0.717) is 0 Å². The molecule has 13 heavy (non-hydrogen) atoms. The first kappa shape index (κ1) is 8.63. The van der Waals surface area contributed by atoms with E-state index in [9.17, 15) is 0 Å². The molecule has 1 heterocycles. The number of hydrogen-bond donors (Lipinski definition) is 0. The smallest absolute Gasteiger partial charge is 0.103 e. The summed E-state index contributed by atoms with van der Waals surface area (Å²) in [6.45, 7) is 3.95. The highest BCUT2D eigenvalue weighted by atomic mass is 79.9. The van der Waals surface area contributed by atoms with E-state index in [1.807, 2.05) is 32.0 Å². The van der Waals surface area contributed by atoms with Gasteiger partial charge in [0.1, 0.15) is 5.52 Å². The summed E-state index contributed by atoms with van der Waals surface area (Å²) < 4.78 is 1.00. The maximum atomic E-state index is 4.47. The molecular weight excluding hydrogens is 228 g/mol. The highest BCUT2D eigenvalue weighted by Gasteiger charge is 2.03. The monoisotopic (exact) mass is 236 g/mol. The average molecular weight is 237 g/mol. The van der Waals surface area contributed by atoms with Crippen molar-refractivity contribution in [3.63, 3.8) is 0 Å². The highest BCUT2D eigenvalue weighted by molar-refractivity contribution is 9.10. The van der Waals surface area contributed by atoms with Crippen LogP contribution in [0.4, 0.5) is 0 Å². The number of halogens is 1. The third-order valence-electron chi connectivity index (χ3n) is 2.06. The van der Waals surface area contributed by atoms with Gasteiger partial charge in [0.05, 0.1) is 16.9 Å². The lowest BCUT2D eigenvalue weighted by atomic mass is 10.2. The second kappa shape index (κ2) is 3.07. The molecule has 0 spiro atoms. The number of nitrogens with zero attached hydrogens (tertiary/aromatic N) is 2. The summed E-state index contributed by atoms with van der Waals surface area (Å²) in [5.74, 6) is 0. The number of fused-ring (bicyclic) bond motifs is 1. The Kier molecular flexibility index (Phi) is 2.04. The summed E-state index contributed by atoms with van der Waals surface area (Å²) in [5.41, 5.74) is 3.85. The molecule has 0 saturated carbocycles.